The Morgan fingerprint density at radius 1 is 1.07 bits per heavy atom. The minimum absolute atomic E-state index is 0.121. The van der Waals surface area contributed by atoms with Gasteiger partial charge in [-0.2, -0.15) is 13.9 Å². The van der Waals surface area contributed by atoms with Crippen LogP contribution in [0.4, 0.5) is 0 Å². The summed E-state index contributed by atoms with van der Waals surface area (Å²) in [7, 11) is -4.37. The molecule has 7 nitrogen and oxygen atoms in total. The zero-order chi connectivity index (χ0) is 11.2. The molecule has 0 fully saturated rings. The Morgan fingerprint density at radius 2 is 1.29 bits per heavy atom. The predicted molar refractivity (Wildman–Crippen MR) is 45.0 cm³/mol. The predicted octanol–water partition coefficient (Wildman–Crippen LogP) is 0.0708. The fourth-order valence-electron chi connectivity index (χ4n) is 0.440. The minimum Gasteiger partial charge on any atom is -0.290 e. The second kappa shape index (κ2) is 5.14. The third-order valence-corrected chi connectivity index (χ3v) is 1.17. The van der Waals surface area contributed by atoms with Gasteiger partial charge in [-0.15, -0.1) is 0 Å². The highest BCUT2D eigenvalue weighted by molar-refractivity contribution is 7.84. The SMILES string of the molecule is N=NS(=O)(=O)O.O=C1C=CC(=O)C=C1. The molecular formula is C6H6N2O5S. The maximum Gasteiger partial charge on any atom is 0.395 e. The molecule has 0 saturated heterocycles. The molecule has 0 saturated carbocycles. The van der Waals surface area contributed by atoms with E-state index in [0.29, 0.717) is 0 Å². The number of hydrogen-bond acceptors (Lipinski definition) is 5. The van der Waals surface area contributed by atoms with Gasteiger partial charge in [0.2, 0.25) is 0 Å². The number of nitrogens with one attached hydrogen (secondary N) is 1. The van der Waals surface area contributed by atoms with Gasteiger partial charge in [-0.3, -0.25) is 14.1 Å². The Bertz CT molecular complexity index is 356. The molecule has 0 unspecified atom stereocenters. The van der Waals surface area contributed by atoms with Crippen LogP contribution in [0.2, 0.25) is 0 Å². The molecule has 0 radical (unpaired) electrons. The van der Waals surface area contributed by atoms with E-state index in [-0.39, 0.29) is 11.6 Å². The maximum absolute atomic E-state index is 10.3. The number of nitrogens with zero attached hydrogens (tertiary/aromatic N) is 1. The van der Waals surface area contributed by atoms with Crippen LogP contribution < -0.4 is 0 Å². The van der Waals surface area contributed by atoms with Crippen LogP contribution in [0.5, 0.6) is 0 Å². The number of hydrogen-bond donors (Lipinski definition) is 2. The lowest BCUT2D eigenvalue weighted by Crippen LogP contribution is -1.97. The molecule has 2 N–H and O–H groups in total. The van der Waals surface area contributed by atoms with Crippen molar-refractivity contribution in [3.05, 3.63) is 24.3 Å². The van der Waals surface area contributed by atoms with E-state index in [2.05, 4.69) is 0 Å². The third-order valence-electron chi connectivity index (χ3n) is 0.939. The van der Waals surface area contributed by atoms with Crippen molar-refractivity contribution in [2.75, 3.05) is 0 Å². The average molecular weight is 218 g/mol. The summed E-state index contributed by atoms with van der Waals surface area (Å²) in [6.45, 7) is 0. The lowest BCUT2D eigenvalue weighted by Gasteiger charge is -1.87. The second-order valence-corrected chi connectivity index (χ2v) is 3.09. The van der Waals surface area contributed by atoms with Crippen LogP contribution in [0.3, 0.4) is 0 Å². The van der Waals surface area contributed by atoms with Gasteiger partial charge in [-0.05, 0) is 28.8 Å². The van der Waals surface area contributed by atoms with E-state index in [1.807, 2.05) is 0 Å². The molecular weight excluding hydrogens is 212 g/mol. The first-order valence-electron chi connectivity index (χ1n) is 3.15. The van der Waals surface area contributed by atoms with E-state index in [4.69, 9.17) is 10.1 Å². The molecule has 1 rings (SSSR count). The van der Waals surface area contributed by atoms with Crippen molar-refractivity contribution in [1.29, 1.82) is 5.53 Å². The van der Waals surface area contributed by atoms with E-state index in [0.717, 1.165) is 0 Å². The van der Waals surface area contributed by atoms with Crippen LogP contribution >= 0.6 is 0 Å². The molecule has 0 bridgehead atoms. The Hall–Kier alpha value is -1.67. The van der Waals surface area contributed by atoms with E-state index < -0.39 is 10.3 Å². The van der Waals surface area contributed by atoms with Crippen molar-refractivity contribution in [3.8, 4) is 0 Å². The highest BCUT2D eigenvalue weighted by atomic mass is 32.2. The van der Waals surface area contributed by atoms with E-state index in [9.17, 15) is 18.0 Å². The molecule has 8 heteroatoms. The topological polar surface area (TPSA) is 125 Å². The van der Waals surface area contributed by atoms with Crippen LogP contribution in [-0.2, 0) is 19.9 Å². The standard InChI is InChI=1S/C6H4O2.H2N2O3S/c7-5-1-2-6(8)4-3-5;1-2-6(3,4)5/h1-4H;1H,(H,3,4,5). The maximum atomic E-state index is 10.3. The van der Waals surface area contributed by atoms with Crippen molar-refractivity contribution < 1.29 is 22.6 Å². The number of carbonyl (C=O) groups excluding carboxylic acids is 2. The van der Waals surface area contributed by atoms with Gasteiger partial charge in [0.25, 0.3) is 0 Å². The summed E-state index contributed by atoms with van der Waals surface area (Å²) in [4.78, 5) is 20.6. The van der Waals surface area contributed by atoms with Crippen LogP contribution in [0.1, 0.15) is 0 Å². The summed E-state index contributed by atoms with van der Waals surface area (Å²) in [5.41, 5.74) is 5.64. The summed E-state index contributed by atoms with van der Waals surface area (Å²) in [6.07, 6.45) is 5.01. The fourth-order valence-corrected chi connectivity index (χ4v) is 0.440. The molecule has 1 aliphatic carbocycles. The van der Waals surface area contributed by atoms with Gasteiger partial charge in [-0.1, -0.05) is 0 Å². The van der Waals surface area contributed by atoms with Gasteiger partial charge in [0.05, 0.1) is 0 Å². The van der Waals surface area contributed by atoms with Gasteiger partial charge < -0.3 is 0 Å². The number of allylic oxidation sites excluding steroid dienone is 4. The van der Waals surface area contributed by atoms with E-state index in [1.165, 1.54) is 24.3 Å². The van der Waals surface area contributed by atoms with Crippen LogP contribution in [0, 0.1) is 5.53 Å². The lowest BCUT2D eigenvalue weighted by molar-refractivity contribution is -0.113. The molecule has 0 aromatic carbocycles. The number of rotatable bonds is 1. The fraction of sp³-hybridized carbons (Fsp3) is 0. The Morgan fingerprint density at radius 3 is 1.43 bits per heavy atom. The average Bonchev–Trinajstić information content (AvgIpc) is 2.10. The largest absolute Gasteiger partial charge is 0.395 e. The number of ketones is 2. The minimum atomic E-state index is -4.37. The molecule has 0 amide bonds. The van der Waals surface area contributed by atoms with Crippen molar-refractivity contribution in [2.45, 2.75) is 0 Å². The van der Waals surface area contributed by atoms with Crippen LogP contribution in [-0.4, -0.2) is 24.5 Å². The summed E-state index contributed by atoms with van der Waals surface area (Å²) >= 11 is 0. The van der Waals surface area contributed by atoms with Gasteiger partial charge in [0.1, 0.15) is 0 Å². The van der Waals surface area contributed by atoms with E-state index in [1.54, 1.807) is 4.52 Å². The first-order valence-corrected chi connectivity index (χ1v) is 4.55. The molecule has 1 aliphatic rings. The third kappa shape index (κ3) is 7.00. The first kappa shape index (κ1) is 12.3. The zero-order valence-corrected chi connectivity index (χ0v) is 7.56. The van der Waals surface area contributed by atoms with Gasteiger partial charge in [0, 0.05) is 0 Å². The smallest absolute Gasteiger partial charge is 0.290 e. The zero-order valence-electron chi connectivity index (χ0n) is 6.75. The lowest BCUT2D eigenvalue weighted by atomic mass is 10.2. The summed E-state index contributed by atoms with van der Waals surface area (Å²) in [5.74, 6) is -0.241. The molecule has 0 aromatic heterocycles. The van der Waals surface area contributed by atoms with Crippen molar-refractivity contribution in [1.82, 2.24) is 0 Å². The summed E-state index contributed by atoms with van der Waals surface area (Å²) in [6, 6.07) is 0. The van der Waals surface area contributed by atoms with Crippen LogP contribution in [0.25, 0.3) is 0 Å². The normalized spacial score (nSPS) is 14.6. The van der Waals surface area contributed by atoms with Crippen LogP contribution in [0.15, 0.2) is 28.8 Å². The molecule has 0 aromatic rings. The summed E-state index contributed by atoms with van der Waals surface area (Å²) in [5, 5.41) is 0. The second-order valence-electron chi connectivity index (χ2n) is 2.01. The number of carbonyl (C=O) groups is 2. The Kier molecular flexibility index (Phi) is 4.53. The molecule has 0 heterocycles. The first-order chi connectivity index (χ1) is 6.35. The highest BCUT2D eigenvalue weighted by Crippen LogP contribution is 1.90. The quantitative estimate of drug-likeness (QED) is 0.366. The molecule has 0 atom stereocenters. The monoisotopic (exact) mass is 218 g/mol. The Labute approximate surface area is 79.5 Å². The molecule has 0 spiro atoms. The van der Waals surface area contributed by atoms with Gasteiger partial charge in [-0.25, -0.2) is 0 Å². The van der Waals surface area contributed by atoms with E-state index >= 15 is 0 Å². The van der Waals surface area contributed by atoms with Gasteiger partial charge in [0.15, 0.2) is 11.6 Å². The van der Waals surface area contributed by atoms with Crippen molar-refractivity contribution in [3.63, 3.8) is 0 Å². The van der Waals surface area contributed by atoms with Gasteiger partial charge >= 0.3 is 10.3 Å². The molecule has 0 aliphatic heterocycles. The Balaban J connectivity index is 0.000000255. The van der Waals surface area contributed by atoms with Crippen molar-refractivity contribution in [2.24, 2.45) is 4.52 Å². The molecule has 14 heavy (non-hydrogen) atoms. The molecule has 76 valence electrons. The summed E-state index contributed by atoms with van der Waals surface area (Å²) < 4.78 is 27.6. The highest BCUT2D eigenvalue weighted by Gasteiger charge is 1.97. The van der Waals surface area contributed by atoms with Crippen molar-refractivity contribution >= 4 is 21.9 Å².